The molecule has 0 aromatic heterocycles. The van der Waals surface area contributed by atoms with Crippen LogP contribution in [0.1, 0.15) is 110 Å². The van der Waals surface area contributed by atoms with Crippen LogP contribution in [0.15, 0.2) is 12.2 Å². The van der Waals surface area contributed by atoms with Gasteiger partial charge >= 0.3 is 0 Å². The van der Waals surface area contributed by atoms with E-state index in [9.17, 15) is 0 Å². The molecule has 1 heteroatoms. The fourth-order valence-electron chi connectivity index (χ4n) is 2.75. The molecule has 2 N–H and O–H groups in total. The van der Waals surface area contributed by atoms with Gasteiger partial charge in [-0.2, -0.15) is 0 Å². The summed E-state index contributed by atoms with van der Waals surface area (Å²) in [5.41, 5.74) is 5.49. The average molecular weight is 296 g/mol. The molecule has 0 aliphatic carbocycles. The van der Waals surface area contributed by atoms with Gasteiger partial charge in [-0.25, -0.2) is 0 Å². The summed E-state index contributed by atoms with van der Waals surface area (Å²) in [6.45, 7) is 3.15. The van der Waals surface area contributed by atoms with Crippen LogP contribution < -0.4 is 5.73 Å². The van der Waals surface area contributed by atoms with Crippen molar-refractivity contribution in [2.24, 2.45) is 5.73 Å². The van der Waals surface area contributed by atoms with Gasteiger partial charge in [0, 0.05) is 0 Å². The molecule has 0 saturated carbocycles. The van der Waals surface area contributed by atoms with E-state index in [-0.39, 0.29) is 0 Å². The first kappa shape index (κ1) is 20.7. The lowest BCUT2D eigenvalue weighted by Gasteiger charge is -2.00. The lowest BCUT2D eigenvalue weighted by atomic mass is 10.1. The minimum absolute atomic E-state index is 0.863. The molecule has 0 atom stereocenters. The number of hydrogen-bond donors (Lipinski definition) is 1. The quantitative estimate of drug-likeness (QED) is 0.233. The lowest BCUT2D eigenvalue weighted by Crippen LogP contribution is -1.97. The molecule has 0 aromatic carbocycles. The molecule has 0 fully saturated rings. The first-order valence-electron chi connectivity index (χ1n) is 9.77. The van der Waals surface area contributed by atoms with Crippen molar-refractivity contribution in [1.29, 1.82) is 0 Å². The van der Waals surface area contributed by atoms with Crippen molar-refractivity contribution in [1.82, 2.24) is 0 Å². The summed E-state index contributed by atoms with van der Waals surface area (Å²) in [6, 6.07) is 0. The smallest absolute Gasteiger partial charge is 0.00773 e. The molecular formula is C20H41N. The third-order valence-corrected chi connectivity index (χ3v) is 4.22. The van der Waals surface area contributed by atoms with Crippen molar-refractivity contribution in [3.63, 3.8) is 0 Å². The Kier molecular flexibility index (Phi) is 19.4. The topological polar surface area (TPSA) is 26.0 Å². The predicted molar refractivity (Wildman–Crippen MR) is 97.7 cm³/mol. The fraction of sp³-hybridized carbons (Fsp3) is 0.900. The Balaban J connectivity index is 3.02. The van der Waals surface area contributed by atoms with Crippen molar-refractivity contribution in [2.75, 3.05) is 6.54 Å². The number of rotatable bonds is 17. The van der Waals surface area contributed by atoms with E-state index < -0.39 is 0 Å². The zero-order valence-electron chi connectivity index (χ0n) is 14.8. The van der Waals surface area contributed by atoms with Crippen LogP contribution >= 0.6 is 0 Å². The van der Waals surface area contributed by atoms with Crippen LogP contribution in [0.4, 0.5) is 0 Å². The molecular weight excluding hydrogens is 254 g/mol. The lowest BCUT2D eigenvalue weighted by molar-refractivity contribution is 0.577. The highest BCUT2D eigenvalue weighted by atomic mass is 14.5. The number of allylic oxidation sites excluding steroid dienone is 2. The molecule has 0 unspecified atom stereocenters. The molecule has 0 spiro atoms. The van der Waals surface area contributed by atoms with Gasteiger partial charge in [-0.15, -0.1) is 0 Å². The van der Waals surface area contributed by atoms with Crippen molar-refractivity contribution < 1.29 is 0 Å². The highest BCUT2D eigenvalue weighted by Gasteiger charge is 1.91. The maximum atomic E-state index is 5.49. The Labute approximate surface area is 134 Å². The summed E-state index contributed by atoms with van der Waals surface area (Å²) in [5.74, 6) is 0. The maximum absolute atomic E-state index is 5.49. The number of nitrogens with two attached hydrogens (primary N) is 1. The molecule has 0 amide bonds. The highest BCUT2D eigenvalue weighted by Crippen LogP contribution is 2.10. The zero-order valence-corrected chi connectivity index (χ0v) is 14.8. The van der Waals surface area contributed by atoms with E-state index in [1.54, 1.807) is 0 Å². The van der Waals surface area contributed by atoms with Crippen molar-refractivity contribution in [3.05, 3.63) is 12.2 Å². The second kappa shape index (κ2) is 19.7. The van der Waals surface area contributed by atoms with Gasteiger partial charge in [-0.05, 0) is 38.6 Å². The minimum Gasteiger partial charge on any atom is -0.330 e. The Morgan fingerprint density at radius 1 is 0.524 bits per heavy atom. The van der Waals surface area contributed by atoms with Gasteiger partial charge in [-0.1, -0.05) is 89.7 Å². The van der Waals surface area contributed by atoms with Crippen LogP contribution in [-0.4, -0.2) is 6.54 Å². The van der Waals surface area contributed by atoms with Crippen molar-refractivity contribution >= 4 is 0 Å². The molecule has 0 aliphatic heterocycles. The van der Waals surface area contributed by atoms with Gasteiger partial charge < -0.3 is 5.73 Å². The van der Waals surface area contributed by atoms with Gasteiger partial charge in [0.2, 0.25) is 0 Å². The zero-order chi connectivity index (χ0) is 15.4. The maximum Gasteiger partial charge on any atom is -0.00773 e. The molecule has 0 bridgehead atoms. The van der Waals surface area contributed by atoms with Crippen LogP contribution in [-0.2, 0) is 0 Å². The van der Waals surface area contributed by atoms with Gasteiger partial charge in [-0.3, -0.25) is 0 Å². The van der Waals surface area contributed by atoms with E-state index in [0.717, 1.165) is 6.54 Å². The summed E-state index contributed by atoms with van der Waals surface area (Å²) in [6.07, 6.45) is 26.9. The van der Waals surface area contributed by atoms with Crippen LogP contribution in [0, 0.1) is 0 Å². The normalized spacial score (nSPS) is 11.5. The average Bonchev–Trinajstić information content (AvgIpc) is 2.50. The van der Waals surface area contributed by atoms with E-state index in [1.807, 2.05) is 0 Å². The van der Waals surface area contributed by atoms with Gasteiger partial charge in [0.15, 0.2) is 0 Å². The van der Waals surface area contributed by atoms with Crippen LogP contribution in [0.2, 0.25) is 0 Å². The SMILES string of the molecule is CCCCCCCCCCC=CCCCCCCCCN. The Morgan fingerprint density at radius 2 is 0.905 bits per heavy atom. The Bertz CT molecular complexity index is 198. The third kappa shape index (κ3) is 19.7. The van der Waals surface area contributed by atoms with Crippen molar-refractivity contribution in [3.8, 4) is 0 Å². The molecule has 0 radical (unpaired) electrons. The van der Waals surface area contributed by atoms with E-state index in [2.05, 4.69) is 19.1 Å². The van der Waals surface area contributed by atoms with E-state index >= 15 is 0 Å². The first-order valence-corrected chi connectivity index (χ1v) is 9.77. The number of hydrogen-bond acceptors (Lipinski definition) is 1. The monoisotopic (exact) mass is 295 g/mol. The van der Waals surface area contributed by atoms with Gasteiger partial charge in [0.05, 0.1) is 0 Å². The molecule has 0 heterocycles. The fourth-order valence-corrected chi connectivity index (χ4v) is 2.75. The van der Waals surface area contributed by atoms with Crippen LogP contribution in [0.5, 0.6) is 0 Å². The van der Waals surface area contributed by atoms with Crippen molar-refractivity contribution in [2.45, 2.75) is 110 Å². The van der Waals surface area contributed by atoms with Crippen LogP contribution in [0.25, 0.3) is 0 Å². The highest BCUT2D eigenvalue weighted by molar-refractivity contribution is 4.81. The largest absolute Gasteiger partial charge is 0.330 e. The summed E-state index contributed by atoms with van der Waals surface area (Å²) in [7, 11) is 0. The molecule has 126 valence electrons. The second-order valence-corrected chi connectivity index (χ2v) is 6.43. The first-order chi connectivity index (χ1) is 10.4. The van der Waals surface area contributed by atoms with Crippen LogP contribution in [0.3, 0.4) is 0 Å². The molecule has 0 aromatic rings. The van der Waals surface area contributed by atoms with E-state index in [0.29, 0.717) is 0 Å². The molecule has 0 rings (SSSR count). The van der Waals surface area contributed by atoms with Gasteiger partial charge in [0.1, 0.15) is 0 Å². The number of unbranched alkanes of at least 4 members (excludes halogenated alkanes) is 14. The Morgan fingerprint density at radius 3 is 1.33 bits per heavy atom. The second-order valence-electron chi connectivity index (χ2n) is 6.43. The standard InChI is InChI=1S/C20H41N/c1-2-3-4-5-6-7-8-9-10-11-12-13-14-15-16-17-18-19-20-21/h11-12H,2-10,13-21H2,1H3. The molecule has 21 heavy (non-hydrogen) atoms. The summed E-state index contributed by atoms with van der Waals surface area (Å²) >= 11 is 0. The van der Waals surface area contributed by atoms with E-state index in [4.69, 9.17) is 5.73 Å². The van der Waals surface area contributed by atoms with E-state index in [1.165, 1.54) is 103 Å². The summed E-state index contributed by atoms with van der Waals surface area (Å²) in [4.78, 5) is 0. The molecule has 0 aliphatic rings. The molecule has 0 saturated heterocycles. The minimum atomic E-state index is 0.863. The summed E-state index contributed by atoms with van der Waals surface area (Å²) in [5, 5.41) is 0. The molecule has 1 nitrogen and oxygen atoms in total. The van der Waals surface area contributed by atoms with Gasteiger partial charge in [0.25, 0.3) is 0 Å². The summed E-state index contributed by atoms with van der Waals surface area (Å²) < 4.78 is 0. The third-order valence-electron chi connectivity index (χ3n) is 4.22. The predicted octanol–water partition coefficient (Wildman–Crippen LogP) is 6.76. The Hall–Kier alpha value is -0.300.